The molecule has 1 aromatic heterocycles. The number of methoxy groups -OCH3 is 2. The Morgan fingerprint density at radius 1 is 0.815 bits per heavy atom. The number of hydrogen-bond donors (Lipinski definition) is 0. The fourth-order valence-electron chi connectivity index (χ4n) is 3.16. The van der Waals surface area contributed by atoms with Crippen molar-refractivity contribution in [1.29, 1.82) is 0 Å². The third kappa shape index (κ3) is 3.53. The summed E-state index contributed by atoms with van der Waals surface area (Å²) in [4.78, 5) is 4.88. The van der Waals surface area contributed by atoms with E-state index in [1.807, 2.05) is 30.3 Å². The summed E-state index contributed by atoms with van der Waals surface area (Å²) in [5.41, 5.74) is 3.38. The van der Waals surface area contributed by atoms with E-state index in [0.717, 1.165) is 27.8 Å². The Morgan fingerprint density at radius 2 is 1.48 bits per heavy atom. The number of hydrogen-bond acceptors (Lipinski definition) is 4. The molecule has 0 fully saturated rings. The monoisotopic (exact) mass is 375 g/mol. The molecule has 0 N–H and O–H groups in total. The van der Waals surface area contributed by atoms with Gasteiger partial charge in [0.1, 0.15) is 16.5 Å². The van der Waals surface area contributed by atoms with Crippen molar-refractivity contribution >= 4 is 22.1 Å². The summed E-state index contributed by atoms with van der Waals surface area (Å²) in [5, 5.41) is 5.64. The van der Waals surface area contributed by atoms with Crippen LogP contribution in [0.4, 0.5) is 0 Å². The lowest BCUT2D eigenvalue weighted by Crippen LogP contribution is -1.95. The fraction of sp³-hybridized carbons (Fsp3) is 0.174. The summed E-state index contributed by atoms with van der Waals surface area (Å²) in [6.45, 7) is 2.21. The van der Waals surface area contributed by atoms with E-state index in [1.165, 1.54) is 16.3 Å². The molecule has 4 aromatic rings. The van der Waals surface area contributed by atoms with E-state index in [1.54, 1.807) is 25.6 Å². The van der Waals surface area contributed by atoms with Crippen LogP contribution in [0.5, 0.6) is 11.5 Å². The first-order valence-electron chi connectivity index (χ1n) is 8.85. The summed E-state index contributed by atoms with van der Waals surface area (Å²) in [7, 11) is 3.37. The normalized spacial score (nSPS) is 12.1. The van der Waals surface area contributed by atoms with Crippen molar-refractivity contribution in [3.05, 3.63) is 76.6 Å². The average molecular weight is 375 g/mol. The van der Waals surface area contributed by atoms with Gasteiger partial charge in [0.15, 0.2) is 0 Å². The van der Waals surface area contributed by atoms with Crippen LogP contribution in [-0.2, 0) is 0 Å². The molecule has 3 aromatic carbocycles. The number of fused-ring (bicyclic) bond motifs is 1. The highest BCUT2D eigenvalue weighted by molar-refractivity contribution is 7.10. The zero-order chi connectivity index (χ0) is 18.8. The summed E-state index contributed by atoms with van der Waals surface area (Å²) in [6, 6.07) is 20.8. The minimum absolute atomic E-state index is 0.244. The van der Waals surface area contributed by atoms with E-state index in [-0.39, 0.29) is 5.92 Å². The maximum absolute atomic E-state index is 5.31. The van der Waals surface area contributed by atoms with Crippen molar-refractivity contribution in [2.75, 3.05) is 14.2 Å². The highest BCUT2D eigenvalue weighted by atomic mass is 32.1. The second-order valence-electron chi connectivity index (χ2n) is 6.49. The third-order valence-corrected chi connectivity index (χ3v) is 5.88. The van der Waals surface area contributed by atoms with Crippen LogP contribution in [0.3, 0.4) is 0 Å². The molecule has 1 heterocycles. The summed E-state index contributed by atoms with van der Waals surface area (Å²) >= 11 is 1.71. The Morgan fingerprint density at radius 3 is 2.22 bits per heavy atom. The molecule has 0 radical (unpaired) electrons. The molecule has 0 bridgehead atoms. The largest absolute Gasteiger partial charge is 0.497 e. The highest BCUT2D eigenvalue weighted by Gasteiger charge is 2.14. The van der Waals surface area contributed by atoms with Crippen LogP contribution < -0.4 is 9.47 Å². The Kier molecular flexibility index (Phi) is 4.82. The lowest BCUT2D eigenvalue weighted by atomic mass is 9.98. The van der Waals surface area contributed by atoms with Gasteiger partial charge in [-0.25, -0.2) is 4.98 Å². The van der Waals surface area contributed by atoms with E-state index in [4.69, 9.17) is 14.5 Å². The fourth-order valence-corrected chi connectivity index (χ4v) is 4.07. The standard InChI is InChI=1S/C23H21NO2S/c1-15(17-4-5-19-13-21(26-3)11-8-18(19)12-17)23-24-22(14-27-23)16-6-9-20(25-2)10-7-16/h4-15H,1-3H3. The van der Waals surface area contributed by atoms with Crippen LogP contribution in [0, 0.1) is 0 Å². The van der Waals surface area contributed by atoms with Crippen molar-refractivity contribution in [2.24, 2.45) is 0 Å². The number of nitrogens with zero attached hydrogens (tertiary/aromatic N) is 1. The van der Waals surface area contributed by atoms with Gasteiger partial charge < -0.3 is 9.47 Å². The second kappa shape index (κ2) is 7.41. The predicted molar refractivity (Wildman–Crippen MR) is 112 cm³/mol. The molecule has 3 nitrogen and oxygen atoms in total. The van der Waals surface area contributed by atoms with Crippen molar-refractivity contribution in [3.63, 3.8) is 0 Å². The average Bonchev–Trinajstić information content (AvgIpc) is 3.22. The maximum atomic E-state index is 5.31. The van der Waals surface area contributed by atoms with Crippen molar-refractivity contribution in [2.45, 2.75) is 12.8 Å². The maximum Gasteiger partial charge on any atom is 0.119 e. The molecule has 4 rings (SSSR count). The summed E-state index contributed by atoms with van der Waals surface area (Å²) < 4.78 is 10.5. The third-order valence-electron chi connectivity index (χ3n) is 4.85. The first-order chi connectivity index (χ1) is 13.2. The number of thiazole rings is 1. The van der Waals surface area contributed by atoms with Crippen LogP contribution in [0.1, 0.15) is 23.4 Å². The Bertz CT molecular complexity index is 1070. The Labute approximate surface area is 163 Å². The SMILES string of the molecule is COc1ccc(-c2csc(C(C)c3ccc4cc(OC)ccc4c3)n2)cc1. The van der Waals surface area contributed by atoms with Gasteiger partial charge in [-0.1, -0.05) is 31.2 Å². The van der Waals surface area contributed by atoms with Gasteiger partial charge in [-0.15, -0.1) is 11.3 Å². The van der Waals surface area contributed by atoms with Crippen molar-refractivity contribution < 1.29 is 9.47 Å². The van der Waals surface area contributed by atoms with Crippen LogP contribution in [-0.4, -0.2) is 19.2 Å². The quantitative estimate of drug-likeness (QED) is 0.420. The van der Waals surface area contributed by atoms with Crippen molar-refractivity contribution in [3.8, 4) is 22.8 Å². The second-order valence-corrected chi connectivity index (χ2v) is 7.38. The molecule has 27 heavy (non-hydrogen) atoms. The number of benzene rings is 3. The van der Waals surface area contributed by atoms with E-state index >= 15 is 0 Å². The molecular formula is C23H21NO2S. The molecule has 4 heteroatoms. The minimum Gasteiger partial charge on any atom is -0.497 e. The number of aromatic nitrogens is 1. The zero-order valence-electron chi connectivity index (χ0n) is 15.6. The molecular weight excluding hydrogens is 354 g/mol. The van der Waals surface area contributed by atoms with Gasteiger partial charge in [-0.3, -0.25) is 0 Å². The molecule has 0 saturated carbocycles. The highest BCUT2D eigenvalue weighted by Crippen LogP contribution is 2.33. The molecule has 1 atom stereocenters. The molecule has 0 saturated heterocycles. The molecule has 0 aliphatic carbocycles. The smallest absolute Gasteiger partial charge is 0.119 e. The Balaban J connectivity index is 1.61. The van der Waals surface area contributed by atoms with Gasteiger partial charge in [0.25, 0.3) is 0 Å². The van der Waals surface area contributed by atoms with Crippen LogP contribution in [0.25, 0.3) is 22.0 Å². The lowest BCUT2D eigenvalue weighted by molar-refractivity contribution is 0.415. The van der Waals surface area contributed by atoms with E-state index < -0.39 is 0 Å². The van der Waals surface area contributed by atoms with Crippen LogP contribution in [0.2, 0.25) is 0 Å². The van der Waals surface area contributed by atoms with Gasteiger partial charge in [-0.2, -0.15) is 0 Å². The number of rotatable bonds is 5. The van der Waals surface area contributed by atoms with Gasteiger partial charge >= 0.3 is 0 Å². The van der Waals surface area contributed by atoms with Gasteiger partial charge in [0.2, 0.25) is 0 Å². The molecule has 0 aliphatic rings. The number of ether oxygens (including phenoxy) is 2. The van der Waals surface area contributed by atoms with E-state index in [9.17, 15) is 0 Å². The topological polar surface area (TPSA) is 31.4 Å². The van der Waals surface area contributed by atoms with Crippen LogP contribution in [0.15, 0.2) is 66.0 Å². The summed E-state index contributed by atoms with van der Waals surface area (Å²) in [5.74, 6) is 1.98. The van der Waals surface area contributed by atoms with Gasteiger partial charge in [-0.05, 0) is 52.7 Å². The zero-order valence-corrected chi connectivity index (χ0v) is 16.4. The first kappa shape index (κ1) is 17.6. The molecule has 0 spiro atoms. The first-order valence-corrected chi connectivity index (χ1v) is 9.73. The molecule has 0 aliphatic heterocycles. The Hall–Kier alpha value is -2.85. The minimum atomic E-state index is 0.244. The molecule has 136 valence electrons. The lowest BCUT2D eigenvalue weighted by Gasteiger charge is -2.11. The van der Waals surface area contributed by atoms with Crippen molar-refractivity contribution in [1.82, 2.24) is 4.98 Å². The summed E-state index contributed by atoms with van der Waals surface area (Å²) in [6.07, 6.45) is 0. The molecule has 0 amide bonds. The van der Waals surface area contributed by atoms with Gasteiger partial charge in [0.05, 0.1) is 19.9 Å². The molecule has 1 unspecified atom stereocenters. The van der Waals surface area contributed by atoms with Gasteiger partial charge in [0, 0.05) is 16.9 Å². The van der Waals surface area contributed by atoms with E-state index in [2.05, 4.69) is 42.6 Å². The predicted octanol–water partition coefficient (Wildman–Crippen LogP) is 6.13. The van der Waals surface area contributed by atoms with E-state index in [0.29, 0.717) is 0 Å². The van der Waals surface area contributed by atoms with Crippen LogP contribution >= 0.6 is 11.3 Å².